The largest absolute Gasteiger partial charge is 0.416 e. The van der Waals surface area contributed by atoms with Gasteiger partial charge in [0.1, 0.15) is 0 Å². The van der Waals surface area contributed by atoms with Gasteiger partial charge in [0.15, 0.2) is 0 Å². The first-order valence-electron chi connectivity index (χ1n) is 6.14. The van der Waals surface area contributed by atoms with E-state index in [1.165, 1.54) is 0 Å². The molecule has 0 unspecified atom stereocenters. The summed E-state index contributed by atoms with van der Waals surface area (Å²) in [6, 6.07) is 0.778. The Morgan fingerprint density at radius 2 is 1.35 bits per heavy atom. The average Bonchev–Trinajstić information content (AvgIpc) is 2.23. The summed E-state index contributed by atoms with van der Waals surface area (Å²) in [5.74, 6) is -0.0421. The van der Waals surface area contributed by atoms with Gasteiger partial charge in [-0.3, -0.25) is 0 Å². The lowest BCUT2D eigenvalue weighted by Crippen LogP contribution is -2.27. The minimum absolute atomic E-state index is 0.0421. The lowest BCUT2D eigenvalue weighted by molar-refractivity contribution is -0.143. The summed E-state index contributed by atoms with van der Waals surface area (Å²) in [5.41, 5.74) is 3.07. The lowest BCUT2D eigenvalue weighted by atomic mass is 9.77. The maximum Gasteiger partial charge on any atom is 0.416 e. The van der Waals surface area contributed by atoms with Gasteiger partial charge in [0.2, 0.25) is 0 Å². The second-order valence-corrected chi connectivity index (χ2v) is 5.06. The van der Waals surface area contributed by atoms with Gasteiger partial charge in [-0.2, -0.15) is 26.3 Å². The predicted octanol–water partition coefficient (Wildman–Crippen LogP) is 4.52. The molecule has 0 spiro atoms. The zero-order chi connectivity index (χ0) is 15.1. The van der Waals surface area contributed by atoms with Gasteiger partial charge in [0, 0.05) is 6.04 Å². The minimum Gasteiger partial charge on any atom is -0.324 e. The number of benzene rings is 1. The normalized spacial score (nSPS) is 18.8. The molecule has 112 valence electrons. The summed E-state index contributed by atoms with van der Waals surface area (Å²) in [7, 11) is 0. The molecule has 0 heterocycles. The van der Waals surface area contributed by atoms with Crippen LogP contribution < -0.4 is 5.73 Å². The van der Waals surface area contributed by atoms with Gasteiger partial charge >= 0.3 is 12.4 Å². The van der Waals surface area contributed by atoms with Crippen molar-refractivity contribution in [3.8, 4) is 0 Å². The van der Waals surface area contributed by atoms with Crippen LogP contribution in [0.2, 0.25) is 0 Å². The SMILES string of the molecule is N[C@@H](c1cc(C(F)(F)F)cc(C(F)(F)F)c1)C1CCC1. The summed E-state index contributed by atoms with van der Waals surface area (Å²) in [6.45, 7) is 0. The van der Waals surface area contributed by atoms with E-state index in [1.54, 1.807) is 0 Å². The van der Waals surface area contributed by atoms with Crippen LogP contribution >= 0.6 is 0 Å². The fourth-order valence-electron chi connectivity index (χ4n) is 2.24. The number of alkyl halides is 6. The fourth-order valence-corrected chi connectivity index (χ4v) is 2.24. The van der Waals surface area contributed by atoms with Crippen molar-refractivity contribution in [3.05, 3.63) is 34.9 Å². The molecule has 20 heavy (non-hydrogen) atoms. The number of halogens is 6. The first-order valence-corrected chi connectivity index (χ1v) is 6.14. The van der Waals surface area contributed by atoms with Gasteiger partial charge in [0.05, 0.1) is 11.1 Å². The van der Waals surface area contributed by atoms with Crippen molar-refractivity contribution in [2.75, 3.05) is 0 Å². The number of hydrogen-bond donors (Lipinski definition) is 1. The Morgan fingerprint density at radius 1 is 0.900 bits per heavy atom. The Morgan fingerprint density at radius 3 is 1.65 bits per heavy atom. The smallest absolute Gasteiger partial charge is 0.324 e. The van der Waals surface area contributed by atoms with Crippen LogP contribution in [0.15, 0.2) is 18.2 Å². The molecule has 0 aliphatic heterocycles. The Hall–Kier alpha value is -1.24. The van der Waals surface area contributed by atoms with Crippen LogP contribution in [0.5, 0.6) is 0 Å². The third kappa shape index (κ3) is 3.08. The van der Waals surface area contributed by atoms with Crippen LogP contribution in [-0.2, 0) is 12.4 Å². The maximum atomic E-state index is 12.7. The van der Waals surface area contributed by atoms with E-state index in [9.17, 15) is 26.3 Å². The highest BCUT2D eigenvalue weighted by Crippen LogP contribution is 2.41. The molecule has 0 bridgehead atoms. The lowest BCUT2D eigenvalue weighted by Gasteiger charge is -2.32. The Kier molecular flexibility index (Phi) is 3.75. The first-order chi connectivity index (χ1) is 9.09. The topological polar surface area (TPSA) is 26.0 Å². The average molecular weight is 297 g/mol. The molecule has 0 saturated heterocycles. The van der Waals surface area contributed by atoms with E-state index in [0.29, 0.717) is 0 Å². The molecule has 1 aliphatic carbocycles. The molecule has 2 rings (SSSR count). The van der Waals surface area contributed by atoms with Crippen molar-refractivity contribution in [2.45, 2.75) is 37.7 Å². The van der Waals surface area contributed by atoms with E-state index in [0.717, 1.165) is 31.4 Å². The predicted molar refractivity (Wildman–Crippen MR) is 60.7 cm³/mol. The highest BCUT2D eigenvalue weighted by Gasteiger charge is 2.38. The van der Waals surface area contributed by atoms with E-state index in [-0.39, 0.29) is 17.5 Å². The molecule has 7 heteroatoms. The van der Waals surface area contributed by atoms with Crippen LogP contribution in [0.4, 0.5) is 26.3 Å². The van der Waals surface area contributed by atoms with Crippen LogP contribution in [0.25, 0.3) is 0 Å². The maximum absolute atomic E-state index is 12.7. The first kappa shape index (κ1) is 15.2. The van der Waals surface area contributed by atoms with E-state index >= 15 is 0 Å². The molecule has 1 atom stereocenters. The molecule has 0 radical (unpaired) electrons. The van der Waals surface area contributed by atoms with Crippen molar-refractivity contribution in [1.29, 1.82) is 0 Å². The van der Waals surface area contributed by atoms with E-state index in [1.807, 2.05) is 0 Å². The summed E-state index contributed by atoms with van der Waals surface area (Å²) in [5, 5.41) is 0. The molecule has 1 aromatic carbocycles. The Bertz CT molecular complexity index is 454. The van der Waals surface area contributed by atoms with Crippen molar-refractivity contribution in [3.63, 3.8) is 0 Å². The molecule has 0 amide bonds. The van der Waals surface area contributed by atoms with Crippen LogP contribution in [-0.4, -0.2) is 0 Å². The number of nitrogens with two attached hydrogens (primary N) is 1. The van der Waals surface area contributed by atoms with Crippen molar-refractivity contribution in [2.24, 2.45) is 11.7 Å². The number of hydrogen-bond acceptors (Lipinski definition) is 1. The second kappa shape index (κ2) is 4.95. The molecule has 0 aromatic heterocycles. The Balaban J connectivity index is 2.45. The third-order valence-electron chi connectivity index (χ3n) is 3.65. The molecular weight excluding hydrogens is 284 g/mol. The zero-order valence-electron chi connectivity index (χ0n) is 10.4. The monoisotopic (exact) mass is 297 g/mol. The molecule has 2 N–H and O–H groups in total. The minimum atomic E-state index is -4.82. The standard InChI is InChI=1S/C13H13F6N/c14-12(15,16)9-4-8(11(20)7-2-1-3-7)5-10(6-9)13(17,18)19/h4-7,11H,1-3,20H2/t11-/m1/s1. The van der Waals surface area contributed by atoms with Gasteiger partial charge in [0.25, 0.3) is 0 Å². The highest BCUT2D eigenvalue weighted by molar-refractivity contribution is 5.35. The van der Waals surface area contributed by atoms with Gasteiger partial charge in [-0.05, 0) is 42.5 Å². The van der Waals surface area contributed by atoms with Gasteiger partial charge < -0.3 is 5.73 Å². The molecular formula is C13H13F6N. The van der Waals surface area contributed by atoms with Gasteiger partial charge in [-0.25, -0.2) is 0 Å². The second-order valence-electron chi connectivity index (χ2n) is 5.06. The van der Waals surface area contributed by atoms with Crippen molar-refractivity contribution in [1.82, 2.24) is 0 Å². The Labute approximate surface area is 111 Å². The molecule has 1 saturated carbocycles. The van der Waals surface area contributed by atoms with Crippen molar-refractivity contribution >= 4 is 0 Å². The van der Waals surface area contributed by atoms with E-state index < -0.39 is 29.5 Å². The van der Waals surface area contributed by atoms with Crippen LogP contribution in [0.1, 0.15) is 42.0 Å². The molecule has 1 aliphatic rings. The van der Waals surface area contributed by atoms with Crippen molar-refractivity contribution < 1.29 is 26.3 Å². The quantitative estimate of drug-likeness (QED) is 0.798. The molecule has 1 fully saturated rings. The van der Waals surface area contributed by atoms with E-state index in [2.05, 4.69) is 0 Å². The fraction of sp³-hybridized carbons (Fsp3) is 0.538. The van der Waals surface area contributed by atoms with Gasteiger partial charge in [-0.15, -0.1) is 0 Å². The van der Waals surface area contributed by atoms with Gasteiger partial charge in [-0.1, -0.05) is 6.42 Å². The summed E-state index contributed by atoms with van der Waals surface area (Å²) < 4.78 is 76.1. The summed E-state index contributed by atoms with van der Waals surface area (Å²) in [4.78, 5) is 0. The number of rotatable bonds is 2. The zero-order valence-corrected chi connectivity index (χ0v) is 10.4. The van der Waals surface area contributed by atoms with Crippen LogP contribution in [0.3, 0.4) is 0 Å². The third-order valence-corrected chi connectivity index (χ3v) is 3.65. The van der Waals surface area contributed by atoms with Crippen LogP contribution in [0, 0.1) is 5.92 Å². The summed E-state index contributed by atoms with van der Waals surface area (Å²) in [6.07, 6.45) is -7.27. The summed E-state index contributed by atoms with van der Waals surface area (Å²) >= 11 is 0. The molecule has 1 aromatic rings. The molecule has 1 nitrogen and oxygen atoms in total. The van der Waals surface area contributed by atoms with E-state index in [4.69, 9.17) is 5.73 Å². The highest BCUT2D eigenvalue weighted by atomic mass is 19.4.